The van der Waals surface area contributed by atoms with Crippen molar-refractivity contribution in [2.45, 2.75) is 26.7 Å². The molecule has 0 aliphatic heterocycles. The molecule has 0 radical (unpaired) electrons. The van der Waals surface area contributed by atoms with E-state index in [1.165, 1.54) is 0 Å². The SMILES string of the molecule is CC/C(Cl)=C\B(Cl)/C=C(/Cl)CC. The zero-order valence-corrected chi connectivity index (χ0v) is 9.55. The average molecular weight is 225 g/mol. The van der Waals surface area contributed by atoms with E-state index in [1.807, 2.05) is 13.8 Å². The molecule has 0 aromatic rings. The summed E-state index contributed by atoms with van der Waals surface area (Å²) in [5.41, 5.74) is 0. The third-order valence-electron chi connectivity index (χ3n) is 1.36. The molecular weight excluding hydrogens is 213 g/mol. The standard InChI is InChI=1S/C8H12BCl3/c1-3-7(10)5-9(12)6-8(11)4-2/h5-6H,3-4H2,1-2H3/b7-5+,8-6+. The Hall–Kier alpha value is 0.415. The van der Waals surface area contributed by atoms with Crippen molar-refractivity contribution < 1.29 is 0 Å². The van der Waals surface area contributed by atoms with Gasteiger partial charge in [0.2, 0.25) is 0 Å². The lowest BCUT2D eigenvalue weighted by Crippen LogP contribution is -1.96. The minimum atomic E-state index is -0.190. The molecule has 0 rings (SSSR count). The Balaban J connectivity index is 4.13. The molecule has 68 valence electrons. The predicted octanol–water partition coefficient (Wildman–Crippen LogP) is 4.36. The second-order valence-electron chi connectivity index (χ2n) is 2.38. The molecule has 12 heavy (non-hydrogen) atoms. The number of allylic oxidation sites excluding steroid dienone is 2. The highest BCUT2D eigenvalue weighted by molar-refractivity contribution is 7.13. The molecule has 0 aliphatic rings. The van der Waals surface area contributed by atoms with Gasteiger partial charge in [-0.15, -0.1) is 0 Å². The van der Waals surface area contributed by atoms with E-state index >= 15 is 0 Å². The highest BCUT2D eigenvalue weighted by Crippen LogP contribution is 2.13. The van der Waals surface area contributed by atoms with Crippen LogP contribution in [0.15, 0.2) is 22.0 Å². The summed E-state index contributed by atoms with van der Waals surface area (Å²) in [5.74, 6) is 3.59. The number of halogens is 3. The quantitative estimate of drug-likeness (QED) is 0.624. The fourth-order valence-electron chi connectivity index (χ4n) is 0.629. The molecule has 0 N–H and O–H groups in total. The fraction of sp³-hybridized carbons (Fsp3) is 0.500. The third kappa shape index (κ3) is 5.99. The van der Waals surface area contributed by atoms with E-state index in [0.717, 1.165) is 22.9 Å². The van der Waals surface area contributed by atoms with E-state index in [9.17, 15) is 0 Å². The molecule has 0 bridgehead atoms. The molecule has 0 fully saturated rings. The second-order valence-corrected chi connectivity index (χ2v) is 3.85. The Bertz CT molecular complexity index is 167. The highest BCUT2D eigenvalue weighted by Gasteiger charge is 2.04. The lowest BCUT2D eigenvalue weighted by molar-refractivity contribution is 1.19. The van der Waals surface area contributed by atoms with E-state index in [-0.39, 0.29) is 6.13 Å². The molecule has 0 unspecified atom stereocenters. The van der Waals surface area contributed by atoms with Crippen molar-refractivity contribution in [2.24, 2.45) is 0 Å². The molecule has 0 aromatic carbocycles. The Morgan fingerprint density at radius 3 is 1.67 bits per heavy atom. The third-order valence-corrected chi connectivity index (χ3v) is 2.39. The molecule has 0 spiro atoms. The van der Waals surface area contributed by atoms with Crippen LogP contribution in [-0.4, -0.2) is 6.13 Å². The molecule has 0 saturated carbocycles. The van der Waals surface area contributed by atoms with Crippen molar-refractivity contribution in [3.8, 4) is 0 Å². The minimum absolute atomic E-state index is 0.190. The van der Waals surface area contributed by atoms with Gasteiger partial charge in [-0.1, -0.05) is 49.0 Å². The molecule has 0 saturated heterocycles. The maximum Gasteiger partial charge on any atom is 0.303 e. The molecule has 0 aromatic heterocycles. The van der Waals surface area contributed by atoms with Gasteiger partial charge in [-0.05, 0) is 12.8 Å². The Kier molecular flexibility index (Phi) is 7.12. The number of rotatable bonds is 4. The number of hydrogen-bond donors (Lipinski definition) is 0. The van der Waals surface area contributed by atoms with Crippen LogP contribution in [0.5, 0.6) is 0 Å². The van der Waals surface area contributed by atoms with Crippen molar-refractivity contribution >= 4 is 40.8 Å². The molecule has 0 amide bonds. The van der Waals surface area contributed by atoms with Gasteiger partial charge < -0.3 is 0 Å². The molecule has 0 nitrogen and oxygen atoms in total. The van der Waals surface area contributed by atoms with Crippen LogP contribution in [0, 0.1) is 0 Å². The van der Waals surface area contributed by atoms with E-state index in [0.29, 0.717) is 0 Å². The van der Waals surface area contributed by atoms with Crippen molar-refractivity contribution in [1.29, 1.82) is 0 Å². The maximum atomic E-state index is 5.91. The summed E-state index contributed by atoms with van der Waals surface area (Å²) in [6.07, 6.45) is 1.43. The van der Waals surface area contributed by atoms with Crippen LogP contribution in [0.4, 0.5) is 0 Å². The van der Waals surface area contributed by atoms with Crippen LogP contribution in [-0.2, 0) is 0 Å². The van der Waals surface area contributed by atoms with Gasteiger partial charge in [-0.3, -0.25) is 0 Å². The molecule has 4 heteroatoms. The summed E-state index contributed by atoms with van der Waals surface area (Å²) in [5, 5.41) is 1.54. The molecule has 0 atom stereocenters. The first kappa shape index (κ1) is 12.4. The first-order valence-electron chi connectivity index (χ1n) is 3.96. The summed E-state index contributed by atoms with van der Waals surface area (Å²) >= 11 is 17.5. The summed E-state index contributed by atoms with van der Waals surface area (Å²) in [6, 6.07) is 0. The van der Waals surface area contributed by atoms with Gasteiger partial charge in [0.15, 0.2) is 0 Å². The maximum absolute atomic E-state index is 5.91. The first-order chi connectivity index (χ1) is 5.60. The normalized spacial score (nSPS) is 13.4. The van der Waals surface area contributed by atoms with E-state index in [1.54, 1.807) is 12.0 Å². The summed E-state index contributed by atoms with van der Waals surface area (Å²) < 4.78 is 0. The topological polar surface area (TPSA) is 0 Å². The average Bonchev–Trinajstić information content (AvgIpc) is 2.03. The van der Waals surface area contributed by atoms with E-state index in [4.69, 9.17) is 34.7 Å². The number of hydrogen-bond acceptors (Lipinski definition) is 0. The second kappa shape index (κ2) is 6.88. The van der Waals surface area contributed by atoms with Crippen molar-refractivity contribution in [2.75, 3.05) is 0 Å². The van der Waals surface area contributed by atoms with Gasteiger partial charge in [-0.25, -0.2) is 0 Å². The van der Waals surface area contributed by atoms with Crippen LogP contribution in [0.3, 0.4) is 0 Å². The van der Waals surface area contributed by atoms with Gasteiger partial charge in [0.1, 0.15) is 0 Å². The fourth-order valence-corrected chi connectivity index (χ4v) is 1.33. The van der Waals surface area contributed by atoms with Gasteiger partial charge in [0.25, 0.3) is 0 Å². The van der Waals surface area contributed by atoms with Gasteiger partial charge >= 0.3 is 6.13 Å². The smallest absolute Gasteiger partial charge is 0.183 e. The van der Waals surface area contributed by atoms with Crippen LogP contribution in [0.1, 0.15) is 26.7 Å². The van der Waals surface area contributed by atoms with Crippen LogP contribution in [0.25, 0.3) is 0 Å². The largest absolute Gasteiger partial charge is 0.303 e. The Morgan fingerprint density at radius 2 is 1.42 bits per heavy atom. The lowest BCUT2D eigenvalue weighted by atomic mass is 9.75. The first-order valence-corrected chi connectivity index (χ1v) is 5.15. The Morgan fingerprint density at radius 1 is 1.08 bits per heavy atom. The highest BCUT2D eigenvalue weighted by atomic mass is 35.5. The molecular formula is C8H12BCl3. The zero-order valence-electron chi connectivity index (χ0n) is 7.28. The van der Waals surface area contributed by atoms with Crippen molar-refractivity contribution in [1.82, 2.24) is 0 Å². The van der Waals surface area contributed by atoms with Crippen molar-refractivity contribution in [3.05, 3.63) is 22.0 Å². The van der Waals surface area contributed by atoms with Crippen LogP contribution >= 0.6 is 34.7 Å². The molecule has 0 heterocycles. The monoisotopic (exact) mass is 224 g/mol. The predicted molar refractivity (Wildman–Crippen MR) is 60.1 cm³/mol. The summed E-state index contributed by atoms with van der Waals surface area (Å²) in [6.45, 7) is 3.96. The molecule has 0 aliphatic carbocycles. The Labute approximate surface area is 89.6 Å². The summed E-state index contributed by atoms with van der Waals surface area (Å²) in [7, 11) is 0. The van der Waals surface area contributed by atoms with Crippen molar-refractivity contribution in [3.63, 3.8) is 0 Å². The van der Waals surface area contributed by atoms with Crippen LogP contribution in [0.2, 0.25) is 0 Å². The van der Waals surface area contributed by atoms with Gasteiger partial charge in [0, 0.05) is 10.1 Å². The minimum Gasteiger partial charge on any atom is -0.183 e. The van der Waals surface area contributed by atoms with E-state index < -0.39 is 0 Å². The van der Waals surface area contributed by atoms with Gasteiger partial charge in [-0.2, -0.15) is 11.5 Å². The van der Waals surface area contributed by atoms with Gasteiger partial charge in [0.05, 0.1) is 0 Å². The lowest BCUT2D eigenvalue weighted by Gasteiger charge is -1.96. The summed E-state index contributed by atoms with van der Waals surface area (Å²) in [4.78, 5) is 0. The van der Waals surface area contributed by atoms with E-state index in [2.05, 4.69) is 0 Å². The zero-order chi connectivity index (χ0) is 9.56. The van der Waals surface area contributed by atoms with Crippen LogP contribution < -0.4 is 0 Å².